The van der Waals surface area contributed by atoms with Crippen LogP contribution in [-0.4, -0.2) is 86.2 Å². The van der Waals surface area contributed by atoms with Crippen LogP contribution in [0.15, 0.2) is 47.6 Å². The van der Waals surface area contributed by atoms with Crippen molar-refractivity contribution in [3.63, 3.8) is 0 Å². The first-order valence-corrected chi connectivity index (χ1v) is 15.2. The summed E-state index contributed by atoms with van der Waals surface area (Å²) >= 11 is 5.30. The van der Waals surface area contributed by atoms with E-state index < -0.39 is 61.2 Å². The third-order valence-corrected chi connectivity index (χ3v) is 6.68. The molecule has 0 radical (unpaired) electrons. The summed E-state index contributed by atoms with van der Waals surface area (Å²) in [7, 11) is 1.41. The van der Waals surface area contributed by atoms with Crippen LogP contribution in [-0.2, 0) is 49.4 Å². The molecule has 5 atom stereocenters. The van der Waals surface area contributed by atoms with Gasteiger partial charge in [-0.3, -0.25) is 24.6 Å². The Kier molecular flexibility index (Phi) is 14.4. The van der Waals surface area contributed by atoms with E-state index in [9.17, 15) is 19.2 Å². The molecule has 3 rings (SSSR count). The molecule has 0 bridgehead atoms. The minimum absolute atomic E-state index is 0.149. The van der Waals surface area contributed by atoms with Crippen LogP contribution in [0.1, 0.15) is 45.7 Å². The van der Waals surface area contributed by atoms with Crippen LogP contribution in [0.3, 0.4) is 0 Å². The van der Waals surface area contributed by atoms with Gasteiger partial charge in [-0.1, -0.05) is 12.1 Å². The van der Waals surface area contributed by atoms with E-state index in [1.165, 1.54) is 20.2 Å². The maximum atomic E-state index is 12.1. The third-order valence-electron chi connectivity index (χ3n) is 6.45. The van der Waals surface area contributed by atoms with Crippen molar-refractivity contribution in [2.45, 2.75) is 71.9 Å². The standard InChI is InChI=1S/C32H39N3O12S/c1-7-41-24-11-8-22(9-12-24)15-33-32(48)35-34-16-23-10-13-25(26(14-23)40-6)46-31-30(45-21(5)39)29(44-20(4)38)28(43-19(3)37)27(47-31)17-42-18(2)36/h8-14,16,27-31H,7,15,17H2,1-6H3,(H2,33,35,48)/b34-16+. The number of benzene rings is 2. The molecule has 2 N–H and O–H groups in total. The number of methoxy groups -OCH3 is 1. The molecule has 1 aliphatic rings. The van der Waals surface area contributed by atoms with Crippen LogP contribution in [0.2, 0.25) is 0 Å². The normalized spacial score (nSPS) is 20.2. The van der Waals surface area contributed by atoms with Crippen molar-refractivity contribution in [3.05, 3.63) is 53.6 Å². The first-order valence-electron chi connectivity index (χ1n) is 14.8. The second-order valence-electron chi connectivity index (χ2n) is 10.2. The summed E-state index contributed by atoms with van der Waals surface area (Å²) < 4.78 is 44.4. The number of rotatable bonds is 14. The van der Waals surface area contributed by atoms with Gasteiger partial charge in [-0.15, -0.1) is 0 Å². The minimum Gasteiger partial charge on any atom is -0.494 e. The summed E-state index contributed by atoms with van der Waals surface area (Å²) in [4.78, 5) is 47.8. The lowest BCUT2D eigenvalue weighted by molar-refractivity contribution is -0.288. The molecule has 0 aromatic heterocycles. The Morgan fingerprint density at radius 3 is 2.12 bits per heavy atom. The third kappa shape index (κ3) is 11.7. The topological polar surface area (TPSA) is 179 Å². The lowest BCUT2D eigenvalue weighted by atomic mass is 9.98. The lowest BCUT2D eigenvalue weighted by Gasteiger charge is -2.44. The zero-order valence-electron chi connectivity index (χ0n) is 27.4. The molecule has 1 heterocycles. The number of hydrazone groups is 1. The van der Waals surface area contributed by atoms with Crippen LogP contribution < -0.4 is 25.0 Å². The molecule has 16 heteroatoms. The van der Waals surface area contributed by atoms with E-state index in [4.69, 9.17) is 50.1 Å². The van der Waals surface area contributed by atoms with Gasteiger partial charge >= 0.3 is 23.9 Å². The van der Waals surface area contributed by atoms with E-state index in [-0.39, 0.29) is 11.5 Å². The largest absolute Gasteiger partial charge is 0.494 e. The first-order chi connectivity index (χ1) is 22.9. The predicted octanol–water partition coefficient (Wildman–Crippen LogP) is 2.55. The van der Waals surface area contributed by atoms with Gasteiger partial charge < -0.3 is 43.2 Å². The molecule has 0 saturated carbocycles. The van der Waals surface area contributed by atoms with Gasteiger partial charge in [0.1, 0.15) is 18.5 Å². The van der Waals surface area contributed by atoms with E-state index in [0.717, 1.165) is 32.1 Å². The Hall–Kier alpha value is -4.96. The first kappa shape index (κ1) is 37.5. The molecule has 0 aliphatic carbocycles. The molecule has 260 valence electrons. The van der Waals surface area contributed by atoms with Crippen LogP contribution >= 0.6 is 12.2 Å². The van der Waals surface area contributed by atoms with Crippen LogP contribution in [0.5, 0.6) is 17.2 Å². The van der Waals surface area contributed by atoms with E-state index in [0.29, 0.717) is 23.8 Å². The quantitative estimate of drug-likeness (QED) is 0.0971. The highest BCUT2D eigenvalue weighted by molar-refractivity contribution is 7.80. The fourth-order valence-electron chi connectivity index (χ4n) is 4.53. The summed E-state index contributed by atoms with van der Waals surface area (Å²) in [6, 6.07) is 12.4. The fourth-order valence-corrected chi connectivity index (χ4v) is 4.65. The molecule has 2 aromatic carbocycles. The molecule has 15 nitrogen and oxygen atoms in total. The highest BCUT2D eigenvalue weighted by atomic mass is 32.1. The van der Waals surface area contributed by atoms with Crippen molar-refractivity contribution < 1.29 is 57.1 Å². The number of hydrogen-bond acceptors (Lipinski definition) is 14. The SMILES string of the molecule is CCOc1ccc(CNC(=S)N/N=C/c2ccc(OC3OC(COC(C)=O)C(OC(C)=O)C(OC(C)=O)C3OC(C)=O)c(OC)c2)cc1. The van der Waals surface area contributed by atoms with Crippen LogP contribution in [0.4, 0.5) is 0 Å². The Labute approximate surface area is 283 Å². The van der Waals surface area contributed by atoms with Gasteiger partial charge in [-0.2, -0.15) is 5.10 Å². The second-order valence-corrected chi connectivity index (χ2v) is 10.6. The minimum atomic E-state index is -1.43. The number of thiocarbonyl (C=S) groups is 1. The van der Waals surface area contributed by atoms with Gasteiger partial charge in [0.25, 0.3) is 0 Å². The summed E-state index contributed by atoms with van der Waals surface area (Å²) in [5.74, 6) is -1.72. The maximum absolute atomic E-state index is 12.1. The summed E-state index contributed by atoms with van der Waals surface area (Å²) in [6.45, 7) is 7.18. The Bertz CT molecular complexity index is 1470. The number of carbonyl (C=O) groups excluding carboxylic acids is 4. The van der Waals surface area contributed by atoms with E-state index in [1.807, 2.05) is 31.2 Å². The average molecular weight is 690 g/mol. The van der Waals surface area contributed by atoms with E-state index in [1.54, 1.807) is 18.2 Å². The number of hydrogen-bond donors (Lipinski definition) is 2. The zero-order chi connectivity index (χ0) is 35.2. The highest BCUT2D eigenvalue weighted by Crippen LogP contribution is 2.34. The van der Waals surface area contributed by atoms with Gasteiger partial charge in [0, 0.05) is 34.2 Å². The Balaban J connectivity index is 1.76. The molecule has 1 aliphatic heterocycles. The Morgan fingerprint density at radius 1 is 0.875 bits per heavy atom. The Morgan fingerprint density at radius 2 is 1.52 bits per heavy atom. The van der Waals surface area contributed by atoms with E-state index >= 15 is 0 Å². The second kappa shape index (κ2) is 18.4. The lowest BCUT2D eigenvalue weighted by Crippen LogP contribution is -2.63. The number of ether oxygens (including phenoxy) is 8. The maximum Gasteiger partial charge on any atom is 0.303 e. The molecule has 5 unspecified atom stereocenters. The number of nitrogens with one attached hydrogen (secondary N) is 2. The fraction of sp³-hybridized carbons (Fsp3) is 0.438. The molecule has 0 spiro atoms. The van der Waals surface area contributed by atoms with Crippen molar-refractivity contribution in [2.24, 2.45) is 5.10 Å². The highest BCUT2D eigenvalue weighted by Gasteiger charge is 2.53. The molecule has 1 saturated heterocycles. The molecule has 1 fully saturated rings. The van der Waals surface area contributed by atoms with Gasteiger partial charge in [0.05, 0.1) is 19.9 Å². The van der Waals surface area contributed by atoms with Crippen molar-refractivity contribution >= 4 is 47.4 Å². The number of nitrogens with zero attached hydrogens (tertiary/aromatic N) is 1. The van der Waals surface area contributed by atoms with Crippen LogP contribution in [0.25, 0.3) is 0 Å². The van der Waals surface area contributed by atoms with Gasteiger partial charge in [0.2, 0.25) is 12.4 Å². The van der Waals surface area contributed by atoms with Gasteiger partial charge in [-0.05, 0) is 60.6 Å². The average Bonchev–Trinajstić information content (AvgIpc) is 3.02. The van der Waals surface area contributed by atoms with E-state index in [2.05, 4.69) is 15.8 Å². The molecule has 48 heavy (non-hydrogen) atoms. The molecular formula is C32H39N3O12S. The smallest absolute Gasteiger partial charge is 0.303 e. The van der Waals surface area contributed by atoms with Gasteiger partial charge in [-0.25, -0.2) is 0 Å². The van der Waals surface area contributed by atoms with Crippen molar-refractivity contribution in [1.29, 1.82) is 0 Å². The van der Waals surface area contributed by atoms with Crippen molar-refractivity contribution in [1.82, 2.24) is 10.7 Å². The summed E-state index contributed by atoms with van der Waals surface area (Å²) in [5.41, 5.74) is 4.35. The number of carbonyl (C=O) groups is 4. The monoisotopic (exact) mass is 689 g/mol. The van der Waals surface area contributed by atoms with Gasteiger partial charge in [0.15, 0.2) is 28.8 Å². The zero-order valence-corrected chi connectivity index (χ0v) is 28.2. The summed E-state index contributed by atoms with van der Waals surface area (Å²) in [6.07, 6.45) is -5.20. The summed E-state index contributed by atoms with van der Waals surface area (Å²) in [5, 5.41) is 7.53. The van der Waals surface area contributed by atoms with Crippen LogP contribution in [0, 0.1) is 0 Å². The molecular weight excluding hydrogens is 650 g/mol. The number of esters is 4. The molecule has 2 aromatic rings. The van der Waals surface area contributed by atoms with Crippen molar-refractivity contribution in [2.75, 3.05) is 20.3 Å². The predicted molar refractivity (Wildman–Crippen MR) is 173 cm³/mol. The van der Waals surface area contributed by atoms with Crippen molar-refractivity contribution in [3.8, 4) is 17.2 Å². The molecule has 0 amide bonds.